The molecule has 1 atom stereocenters. The summed E-state index contributed by atoms with van der Waals surface area (Å²) in [5.41, 5.74) is 2.34. The van der Waals surface area contributed by atoms with Crippen molar-refractivity contribution in [1.82, 2.24) is 20.1 Å². The smallest absolute Gasteiger partial charge is 0.0892 e. The second-order valence-corrected chi connectivity index (χ2v) is 5.48. The zero-order valence-electron chi connectivity index (χ0n) is 12.1. The topological polar surface area (TPSA) is 42.7 Å². The molecule has 0 saturated carbocycles. The molecule has 2 aromatic heterocycles. The Labute approximate surface area is 134 Å². The first kappa shape index (κ1) is 14.8. The molecule has 3 rings (SSSR count). The van der Waals surface area contributed by atoms with Crippen molar-refractivity contribution in [3.8, 4) is 0 Å². The number of nitrogens with zero attached hydrogens (tertiary/aromatic N) is 3. The van der Waals surface area contributed by atoms with Gasteiger partial charge in [-0.1, -0.05) is 29.8 Å². The van der Waals surface area contributed by atoms with Crippen molar-refractivity contribution in [2.24, 2.45) is 0 Å². The molecule has 1 N–H and O–H groups in total. The summed E-state index contributed by atoms with van der Waals surface area (Å²) in [6.07, 6.45) is 7.43. The van der Waals surface area contributed by atoms with E-state index in [-0.39, 0.29) is 6.04 Å². The normalized spacial score (nSPS) is 12.2. The van der Waals surface area contributed by atoms with Crippen LogP contribution in [0.5, 0.6) is 0 Å². The molecule has 0 aliphatic carbocycles. The molecular formula is C17H17ClN4. The van der Waals surface area contributed by atoms with Crippen molar-refractivity contribution in [3.05, 3.63) is 83.4 Å². The van der Waals surface area contributed by atoms with E-state index in [0.717, 1.165) is 23.7 Å². The van der Waals surface area contributed by atoms with Gasteiger partial charge in [-0.25, -0.2) is 0 Å². The molecule has 5 heteroatoms. The number of hydrogen-bond acceptors (Lipinski definition) is 3. The van der Waals surface area contributed by atoms with Gasteiger partial charge >= 0.3 is 0 Å². The van der Waals surface area contributed by atoms with E-state index in [4.69, 9.17) is 11.6 Å². The standard InChI is InChI=1S/C17H17ClN4/c18-16-6-4-15(5-7-16)17(22-10-2-9-21-22)13-20-12-14-3-1-8-19-11-14/h1-11,17,20H,12-13H2/t17-/m0/s1. The van der Waals surface area contributed by atoms with Crippen LogP contribution in [0.3, 0.4) is 0 Å². The lowest BCUT2D eigenvalue weighted by molar-refractivity contribution is 0.479. The third-order valence-electron chi connectivity index (χ3n) is 3.49. The minimum atomic E-state index is 0.129. The third-order valence-corrected chi connectivity index (χ3v) is 3.74. The molecule has 3 aromatic rings. The minimum Gasteiger partial charge on any atom is -0.310 e. The van der Waals surface area contributed by atoms with Crippen LogP contribution in [0.4, 0.5) is 0 Å². The molecule has 0 saturated heterocycles. The first-order valence-electron chi connectivity index (χ1n) is 7.17. The van der Waals surface area contributed by atoms with Gasteiger partial charge in [-0.2, -0.15) is 5.10 Å². The minimum absolute atomic E-state index is 0.129. The Bertz CT molecular complexity index is 680. The Morgan fingerprint density at radius 2 is 1.95 bits per heavy atom. The van der Waals surface area contributed by atoms with Crippen molar-refractivity contribution < 1.29 is 0 Å². The Morgan fingerprint density at radius 3 is 2.64 bits per heavy atom. The average molecular weight is 313 g/mol. The van der Waals surface area contributed by atoms with Crippen molar-refractivity contribution in [1.29, 1.82) is 0 Å². The number of pyridine rings is 1. The summed E-state index contributed by atoms with van der Waals surface area (Å²) in [7, 11) is 0. The highest BCUT2D eigenvalue weighted by molar-refractivity contribution is 6.30. The Morgan fingerprint density at radius 1 is 1.09 bits per heavy atom. The van der Waals surface area contributed by atoms with E-state index in [1.807, 2.05) is 53.5 Å². The molecule has 112 valence electrons. The van der Waals surface area contributed by atoms with Gasteiger partial charge in [0.05, 0.1) is 6.04 Å². The predicted octanol–water partition coefficient (Wildman–Crippen LogP) is 3.31. The molecule has 0 aliphatic rings. The van der Waals surface area contributed by atoms with Gasteiger partial charge in [-0.3, -0.25) is 9.67 Å². The number of aromatic nitrogens is 3. The quantitative estimate of drug-likeness (QED) is 0.759. The van der Waals surface area contributed by atoms with Crippen molar-refractivity contribution in [2.45, 2.75) is 12.6 Å². The number of benzene rings is 1. The van der Waals surface area contributed by atoms with Crippen LogP contribution < -0.4 is 5.32 Å². The van der Waals surface area contributed by atoms with Crippen molar-refractivity contribution >= 4 is 11.6 Å². The fourth-order valence-corrected chi connectivity index (χ4v) is 2.50. The first-order valence-corrected chi connectivity index (χ1v) is 7.55. The lowest BCUT2D eigenvalue weighted by atomic mass is 10.1. The lowest BCUT2D eigenvalue weighted by Gasteiger charge is -2.19. The van der Waals surface area contributed by atoms with E-state index in [2.05, 4.69) is 21.5 Å². The predicted molar refractivity (Wildman–Crippen MR) is 87.8 cm³/mol. The van der Waals surface area contributed by atoms with Crippen LogP contribution in [0.1, 0.15) is 17.2 Å². The van der Waals surface area contributed by atoms with Gasteiger partial charge in [0.1, 0.15) is 0 Å². The molecule has 0 spiro atoms. The molecule has 1 aromatic carbocycles. The van der Waals surface area contributed by atoms with Crippen molar-refractivity contribution in [3.63, 3.8) is 0 Å². The molecular weight excluding hydrogens is 296 g/mol. The monoisotopic (exact) mass is 312 g/mol. The van der Waals surface area contributed by atoms with Crippen LogP contribution in [0.25, 0.3) is 0 Å². The zero-order chi connectivity index (χ0) is 15.2. The fraction of sp³-hybridized carbons (Fsp3) is 0.176. The molecule has 2 heterocycles. The van der Waals surface area contributed by atoms with Gasteiger partial charge in [0, 0.05) is 42.9 Å². The van der Waals surface area contributed by atoms with Crippen LogP contribution in [-0.2, 0) is 6.54 Å². The number of hydrogen-bond donors (Lipinski definition) is 1. The second-order valence-electron chi connectivity index (χ2n) is 5.05. The van der Waals surface area contributed by atoms with Gasteiger partial charge in [0.25, 0.3) is 0 Å². The molecule has 0 radical (unpaired) electrons. The maximum absolute atomic E-state index is 5.98. The maximum atomic E-state index is 5.98. The highest BCUT2D eigenvalue weighted by Crippen LogP contribution is 2.19. The maximum Gasteiger partial charge on any atom is 0.0892 e. The van der Waals surface area contributed by atoms with E-state index in [9.17, 15) is 0 Å². The largest absolute Gasteiger partial charge is 0.310 e. The summed E-state index contributed by atoms with van der Waals surface area (Å²) in [5, 5.41) is 8.58. The summed E-state index contributed by atoms with van der Waals surface area (Å²) in [5.74, 6) is 0. The fourth-order valence-electron chi connectivity index (χ4n) is 2.37. The average Bonchev–Trinajstić information content (AvgIpc) is 3.08. The highest BCUT2D eigenvalue weighted by Gasteiger charge is 2.13. The highest BCUT2D eigenvalue weighted by atomic mass is 35.5. The molecule has 0 bridgehead atoms. The molecule has 0 aliphatic heterocycles. The van der Waals surface area contributed by atoms with Gasteiger partial charge in [0.15, 0.2) is 0 Å². The van der Waals surface area contributed by atoms with Crippen LogP contribution in [0.2, 0.25) is 5.02 Å². The van der Waals surface area contributed by atoms with Crippen LogP contribution >= 0.6 is 11.6 Å². The Hall–Kier alpha value is -2.17. The molecule has 22 heavy (non-hydrogen) atoms. The Kier molecular flexibility index (Phi) is 4.83. The second kappa shape index (κ2) is 7.20. The summed E-state index contributed by atoms with van der Waals surface area (Å²) in [6, 6.07) is 14.0. The summed E-state index contributed by atoms with van der Waals surface area (Å²) < 4.78 is 1.96. The van der Waals surface area contributed by atoms with Gasteiger partial charge in [-0.05, 0) is 35.4 Å². The number of rotatable bonds is 6. The molecule has 0 amide bonds. The summed E-state index contributed by atoms with van der Waals surface area (Å²) >= 11 is 5.98. The van der Waals surface area contributed by atoms with Gasteiger partial charge < -0.3 is 5.32 Å². The third kappa shape index (κ3) is 3.72. The number of nitrogens with one attached hydrogen (secondary N) is 1. The number of halogens is 1. The molecule has 4 nitrogen and oxygen atoms in total. The summed E-state index contributed by atoms with van der Waals surface area (Å²) in [6.45, 7) is 1.55. The lowest BCUT2D eigenvalue weighted by Crippen LogP contribution is -2.26. The van der Waals surface area contributed by atoms with E-state index >= 15 is 0 Å². The van der Waals surface area contributed by atoms with E-state index in [0.29, 0.717) is 0 Å². The summed E-state index contributed by atoms with van der Waals surface area (Å²) in [4.78, 5) is 4.13. The zero-order valence-corrected chi connectivity index (χ0v) is 12.8. The van der Waals surface area contributed by atoms with Gasteiger partial charge in [-0.15, -0.1) is 0 Å². The SMILES string of the molecule is Clc1ccc([C@H](CNCc2cccnc2)n2cccn2)cc1. The van der Waals surface area contributed by atoms with Gasteiger partial charge in [0.2, 0.25) is 0 Å². The van der Waals surface area contributed by atoms with Crippen LogP contribution in [0.15, 0.2) is 67.3 Å². The van der Waals surface area contributed by atoms with E-state index < -0.39 is 0 Å². The molecule has 0 unspecified atom stereocenters. The van der Waals surface area contributed by atoms with Crippen LogP contribution in [-0.4, -0.2) is 21.3 Å². The Balaban J connectivity index is 1.71. The van der Waals surface area contributed by atoms with E-state index in [1.165, 1.54) is 5.56 Å². The van der Waals surface area contributed by atoms with Crippen molar-refractivity contribution in [2.75, 3.05) is 6.54 Å². The molecule has 0 fully saturated rings. The first-order chi connectivity index (χ1) is 10.8. The van der Waals surface area contributed by atoms with Crippen LogP contribution in [0, 0.1) is 0 Å². The van der Waals surface area contributed by atoms with E-state index in [1.54, 1.807) is 12.4 Å².